The molecule has 1 aliphatic heterocycles. The van der Waals surface area contributed by atoms with Gasteiger partial charge in [0.25, 0.3) is 0 Å². The van der Waals surface area contributed by atoms with E-state index in [1.54, 1.807) is 11.8 Å². The highest BCUT2D eigenvalue weighted by Gasteiger charge is 2.35. The quantitative estimate of drug-likeness (QED) is 0.194. The average Bonchev–Trinajstić information content (AvgIpc) is 2.72. The van der Waals surface area contributed by atoms with Crippen LogP contribution in [-0.2, 0) is 19.1 Å². The number of benzene rings is 1. The van der Waals surface area contributed by atoms with Crippen molar-refractivity contribution in [3.8, 4) is 0 Å². The molecule has 0 aromatic heterocycles. The summed E-state index contributed by atoms with van der Waals surface area (Å²) in [6.07, 6.45) is 3.89. The van der Waals surface area contributed by atoms with Gasteiger partial charge < -0.3 is 14.3 Å². The molecule has 1 saturated heterocycles. The zero-order valence-corrected chi connectivity index (χ0v) is 18.2. The Labute approximate surface area is 172 Å². The molecule has 0 bridgehead atoms. The lowest BCUT2D eigenvalue weighted by Gasteiger charge is -2.41. The third kappa shape index (κ3) is 6.50. The highest BCUT2D eigenvalue weighted by atomic mass is 32.2. The molecule has 0 N–H and O–H groups in total. The first kappa shape index (κ1) is 22.7. The van der Waals surface area contributed by atoms with E-state index in [9.17, 15) is 4.79 Å². The molecule has 0 amide bonds. The molecule has 0 unspecified atom stereocenters. The van der Waals surface area contributed by atoms with E-state index in [1.807, 2.05) is 0 Å². The molecule has 6 nitrogen and oxygen atoms in total. The molecule has 0 aliphatic carbocycles. The topological polar surface area (TPSA) is 60.4 Å². The van der Waals surface area contributed by atoms with Gasteiger partial charge in [-0.3, -0.25) is 4.90 Å². The summed E-state index contributed by atoms with van der Waals surface area (Å²) < 4.78 is 10.6. The number of morpholine rings is 1. The van der Waals surface area contributed by atoms with Crippen molar-refractivity contribution < 1.29 is 19.1 Å². The summed E-state index contributed by atoms with van der Waals surface area (Å²) in [5.41, 5.74) is 1.41. The number of esters is 1. The van der Waals surface area contributed by atoms with Gasteiger partial charge in [0, 0.05) is 23.5 Å². The Hall–Kier alpha value is -1.57. The maximum atomic E-state index is 11.8. The minimum atomic E-state index is -0.390. The van der Waals surface area contributed by atoms with Crippen LogP contribution in [0, 0.1) is 0 Å². The van der Waals surface area contributed by atoms with Crippen LogP contribution in [0.2, 0.25) is 0 Å². The monoisotopic (exact) mass is 408 g/mol. The maximum absolute atomic E-state index is 11.8. The second-order valence-corrected chi connectivity index (χ2v) is 8.05. The first-order valence-corrected chi connectivity index (χ1v) is 11.0. The van der Waals surface area contributed by atoms with E-state index in [2.05, 4.69) is 61.3 Å². The second kappa shape index (κ2) is 11.4. The van der Waals surface area contributed by atoms with Crippen molar-refractivity contribution in [1.29, 1.82) is 0 Å². The molecule has 1 fully saturated rings. The summed E-state index contributed by atoms with van der Waals surface area (Å²) in [7, 11) is 0. The minimum absolute atomic E-state index is 0.185. The number of rotatable bonds is 10. The van der Waals surface area contributed by atoms with Crippen LogP contribution in [0.1, 0.15) is 39.2 Å². The molecule has 1 heterocycles. The first-order valence-electron chi connectivity index (χ1n) is 9.82. The zero-order valence-electron chi connectivity index (χ0n) is 17.4. The Kier molecular flexibility index (Phi) is 9.28. The Bertz CT molecular complexity index is 640. The lowest BCUT2D eigenvalue weighted by Crippen LogP contribution is -2.54. The van der Waals surface area contributed by atoms with Crippen LogP contribution in [0.3, 0.4) is 0 Å². The number of oxime groups is 1. The van der Waals surface area contributed by atoms with Crippen LogP contribution in [0.5, 0.6) is 0 Å². The molecule has 1 aromatic carbocycles. The van der Waals surface area contributed by atoms with Gasteiger partial charge in [-0.05, 0) is 38.7 Å². The Morgan fingerprint density at radius 1 is 1.25 bits per heavy atom. The largest absolute Gasteiger partial charge is 0.463 e. The lowest BCUT2D eigenvalue weighted by atomic mass is 9.90. The predicted molar refractivity (Wildman–Crippen MR) is 113 cm³/mol. The molecule has 1 aliphatic rings. The SMILES string of the molecule is CCCCOC(=O)CO/N=C(\c1ccc(SC)cc1)C(C)(C)N1CCOCC1. The van der Waals surface area contributed by atoms with Crippen LogP contribution in [0.15, 0.2) is 34.3 Å². The molecule has 0 saturated carbocycles. The van der Waals surface area contributed by atoms with Crippen molar-refractivity contribution in [1.82, 2.24) is 4.90 Å². The number of hydrogen-bond donors (Lipinski definition) is 0. The van der Waals surface area contributed by atoms with Crippen LogP contribution in [0.4, 0.5) is 0 Å². The van der Waals surface area contributed by atoms with Gasteiger partial charge in [0.05, 0.1) is 25.4 Å². The lowest BCUT2D eigenvalue weighted by molar-refractivity contribution is -0.149. The first-order chi connectivity index (χ1) is 13.5. The van der Waals surface area contributed by atoms with Crippen LogP contribution in [0.25, 0.3) is 0 Å². The molecule has 2 rings (SSSR count). The van der Waals surface area contributed by atoms with Gasteiger partial charge in [0.2, 0.25) is 6.61 Å². The second-order valence-electron chi connectivity index (χ2n) is 7.17. The minimum Gasteiger partial charge on any atom is -0.463 e. The van der Waals surface area contributed by atoms with Crippen molar-refractivity contribution in [2.45, 2.75) is 44.0 Å². The van der Waals surface area contributed by atoms with E-state index >= 15 is 0 Å². The van der Waals surface area contributed by atoms with E-state index in [0.717, 1.165) is 37.2 Å². The number of hydrogen-bond acceptors (Lipinski definition) is 7. The fraction of sp³-hybridized carbons (Fsp3) is 0.619. The number of carbonyl (C=O) groups excluding carboxylic acids is 1. The summed E-state index contributed by atoms with van der Waals surface area (Å²) in [5, 5.41) is 4.39. The highest BCUT2D eigenvalue weighted by molar-refractivity contribution is 7.98. The highest BCUT2D eigenvalue weighted by Crippen LogP contribution is 2.25. The third-order valence-corrected chi connectivity index (χ3v) is 5.59. The summed E-state index contributed by atoms with van der Waals surface area (Å²) in [6.45, 7) is 9.60. The van der Waals surface area contributed by atoms with Gasteiger partial charge in [0.15, 0.2) is 0 Å². The van der Waals surface area contributed by atoms with Gasteiger partial charge in [-0.15, -0.1) is 11.8 Å². The van der Waals surface area contributed by atoms with Crippen molar-refractivity contribution in [2.24, 2.45) is 5.16 Å². The predicted octanol–water partition coefficient (Wildman–Crippen LogP) is 3.58. The Balaban J connectivity index is 2.16. The zero-order chi connectivity index (χ0) is 20.4. The van der Waals surface area contributed by atoms with E-state index in [1.165, 1.54) is 4.90 Å². The fourth-order valence-corrected chi connectivity index (χ4v) is 3.47. The summed E-state index contributed by atoms with van der Waals surface area (Å²) in [5.74, 6) is -0.390. The van der Waals surface area contributed by atoms with Gasteiger partial charge >= 0.3 is 5.97 Å². The average molecular weight is 409 g/mol. The maximum Gasteiger partial charge on any atom is 0.347 e. The van der Waals surface area contributed by atoms with Gasteiger partial charge in [-0.25, -0.2) is 4.79 Å². The third-order valence-electron chi connectivity index (χ3n) is 4.84. The Morgan fingerprint density at radius 3 is 2.54 bits per heavy atom. The van der Waals surface area contributed by atoms with Crippen molar-refractivity contribution >= 4 is 23.4 Å². The molecule has 0 spiro atoms. The number of ether oxygens (including phenoxy) is 2. The number of carbonyl (C=O) groups is 1. The standard InChI is InChI=1S/C21H32N2O4S/c1-5-6-13-26-19(24)16-27-22-20(17-7-9-18(28-4)10-8-17)21(2,3)23-11-14-25-15-12-23/h7-10H,5-6,11-16H2,1-4H3/b22-20+. The number of unbranched alkanes of at least 4 members (excludes halogenated alkanes) is 1. The van der Waals surface area contributed by atoms with Crippen LogP contribution < -0.4 is 0 Å². The summed E-state index contributed by atoms with van der Waals surface area (Å²) >= 11 is 1.70. The molecule has 7 heteroatoms. The smallest absolute Gasteiger partial charge is 0.347 e. The van der Waals surface area contributed by atoms with E-state index in [-0.39, 0.29) is 12.1 Å². The van der Waals surface area contributed by atoms with Crippen molar-refractivity contribution in [2.75, 3.05) is 45.8 Å². The molecule has 0 atom stereocenters. The van der Waals surface area contributed by atoms with Crippen molar-refractivity contribution in [3.63, 3.8) is 0 Å². The number of nitrogens with zero attached hydrogens (tertiary/aromatic N) is 2. The van der Waals surface area contributed by atoms with E-state index in [0.29, 0.717) is 19.8 Å². The summed E-state index contributed by atoms with van der Waals surface area (Å²) in [6, 6.07) is 8.25. The molecule has 0 radical (unpaired) electrons. The van der Waals surface area contributed by atoms with Crippen molar-refractivity contribution in [3.05, 3.63) is 29.8 Å². The molecule has 156 valence electrons. The molecular weight excluding hydrogens is 376 g/mol. The van der Waals surface area contributed by atoms with E-state index < -0.39 is 5.97 Å². The van der Waals surface area contributed by atoms with Gasteiger partial charge in [-0.1, -0.05) is 30.6 Å². The summed E-state index contributed by atoms with van der Waals surface area (Å²) in [4.78, 5) is 20.8. The molecular formula is C21H32N2O4S. The number of thioether (sulfide) groups is 1. The van der Waals surface area contributed by atoms with E-state index in [4.69, 9.17) is 14.3 Å². The van der Waals surface area contributed by atoms with Crippen LogP contribution >= 0.6 is 11.8 Å². The molecule has 1 aromatic rings. The van der Waals surface area contributed by atoms with Crippen LogP contribution in [-0.4, -0.2) is 67.9 Å². The molecule has 28 heavy (non-hydrogen) atoms. The van der Waals surface area contributed by atoms with Gasteiger partial charge in [-0.2, -0.15) is 0 Å². The Morgan fingerprint density at radius 2 is 1.93 bits per heavy atom. The fourth-order valence-electron chi connectivity index (χ4n) is 3.06. The van der Waals surface area contributed by atoms with Gasteiger partial charge in [0.1, 0.15) is 5.71 Å². The normalized spacial score (nSPS) is 16.1.